The van der Waals surface area contributed by atoms with Crippen molar-refractivity contribution in [3.05, 3.63) is 0 Å². The van der Waals surface area contributed by atoms with Gasteiger partial charge < -0.3 is 15.4 Å². The third-order valence-corrected chi connectivity index (χ3v) is 4.14. The SMILES string of the molecule is CC1CCCC1C(=O)N1CCOC(C(N)=S)C1. The molecule has 0 aromatic carbocycles. The van der Waals surface area contributed by atoms with Crippen molar-refractivity contribution >= 4 is 23.1 Å². The number of hydrogen-bond acceptors (Lipinski definition) is 3. The maximum Gasteiger partial charge on any atom is 0.226 e. The Labute approximate surface area is 107 Å². The molecule has 96 valence electrons. The van der Waals surface area contributed by atoms with Crippen LogP contribution >= 0.6 is 12.2 Å². The zero-order valence-corrected chi connectivity index (χ0v) is 11.0. The van der Waals surface area contributed by atoms with Gasteiger partial charge in [-0.3, -0.25) is 4.79 Å². The highest BCUT2D eigenvalue weighted by Crippen LogP contribution is 2.32. The number of rotatable bonds is 2. The Balaban J connectivity index is 1.97. The molecule has 2 aliphatic rings. The molecule has 2 fully saturated rings. The molecule has 4 nitrogen and oxygen atoms in total. The number of carbonyl (C=O) groups is 1. The topological polar surface area (TPSA) is 55.6 Å². The summed E-state index contributed by atoms with van der Waals surface area (Å²) in [6, 6.07) is 0. The highest BCUT2D eigenvalue weighted by Gasteiger charge is 2.35. The van der Waals surface area contributed by atoms with Crippen molar-refractivity contribution in [3.8, 4) is 0 Å². The molecule has 3 atom stereocenters. The Kier molecular flexibility index (Phi) is 3.99. The summed E-state index contributed by atoms with van der Waals surface area (Å²) in [7, 11) is 0. The minimum atomic E-state index is -0.264. The minimum Gasteiger partial charge on any atom is -0.391 e. The van der Waals surface area contributed by atoms with E-state index >= 15 is 0 Å². The molecule has 17 heavy (non-hydrogen) atoms. The normalized spacial score (nSPS) is 33.7. The fourth-order valence-electron chi connectivity index (χ4n) is 2.77. The largest absolute Gasteiger partial charge is 0.391 e. The molecule has 1 saturated carbocycles. The van der Waals surface area contributed by atoms with Gasteiger partial charge in [-0.2, -0.15) is 0 Å². The van der Waals surface area contributed by atoms with Crippen molar-refractivity contribution < 1.29 is 9.53 Å². The Hall–Kier alpha value is -0.680. The number of nitrogens with two attached hydrogens (primary N) is 1. The van der Waals surface area contributed by atoms with Crippen LogP contribution in [0.2, 0.25) is 0 Å². The summed E-state index contributed by atoms with van der Waals surface area (Å²) in [6.45, 7) is 3.90. The Bertz CT molecular complexity index is 322. The van der Waals surface area contributed by atoms with E-state index in [9.17, 15) is 4.79 Å². The van der Waals surface area contributed by atoms with Crippen LogP contribution in [0.15, 0.2) is 0 Å². The third kappa shape index (κ3) is 2.77. The summed E-state index contributed by atoms with van der Waals surface area (Å²) >= 11 is 4.93. The Morgan fingerprint density at radius 2 is 2.24 bits per heavy atom. The molecule has 0 bridgehead atoms. The summed E-state index contributed by atoms with van der Waals surface area (Å²) in [5.41, 5.74) is 5.58. The van der Waals surface area contributed by atoms with Crippen LogP contribution in [0, 0.1) is 11.8 Å². The number of hydrogen-bond donors (Lipinski definition) is 1. The van der Waals surface area contributed by atoms with Crippen molar-refractivity contribution in [1.29, 1.82) is 0 Å². The first kappa shape index (κ1) is 12.8. The first-order valence-corrected chi connectivity index (χ1v) is 6.70. The van der Waals surface area contributed by atoms with Crippen LogP contribution in [0.25, 0.3) is 0 Å². The van der Waals surface area contributed by atoms with Crippen LogP contribution in [0.5, 0.6) is 0 Å². The smallest absolute Gasteiger partial charge is 0.226 e. The van der Waals surface area contributed by atoms with Crippen molar-refractivity contribution in [2.24, 2.45) is 17.6 Å². The molecule has 0 radical (unpaired) electrons. The van der Waals surface area contributed by atoms with E-state index in [0.29, 0.717) is 30.6 Å². The van der Waals surface area contributed by atoms with Crippen molar-refractivity contribution in [3.63, 3.8) is 0 Å². The van der Waals surface area contributed by atoms with E-state index in [0.717, 1.165) is 6.42 Å². The molecular formula is C12H20N2O2S. The van der Waals surface area contributed by atoms with Gasteiger partial charge in [0, 0.05) is 12.5 Å². The molecule has 1 aliphatic carbocycles. The van der Waals surface area contributed by atoms with E-state index in [2.05, 4.69) is 6.92 Å². The quantitative estimate of drug-likeness (QED) is 0.747. The zero-order valence-electron chi connectivity index (χ0n) is 10.2. The molecule has 1 aliphatic heterocycles. The van der Waals surface area contributed by atoms with Gasteiger partial charge in [-0.1, -0.05) is 25.6 Å². The lowest BCUT2D eigenvalue weighted by molar-refractivity contribution is -0.142. The summed E-state index contributed by atoms with van der Waals surface area (Å²) in [5, 5.41) is 0. The van der Waals surface area contributed by atoms with Gasteiger partial charge in [0.1, 0.15) is 11.1 Å². The second kappa shape index (κ2) is 5.31. The van der Waals surface area contributed by atoms with Crippen molar-refractivity contribution in [2.45, 2.75) is 32.3 Å². The lowest BCUT2D eigenvalue weighted by Crippen LogP contribution is -2.51. The van der Waals surface area contributed by atoms with E-state index in [1.54, 1.807) is 0 Å². The van der Waals surface area contributed by atoms with E-state index in [1.165, 1.54) is 12.8 Å². The van der Waals surface area contributed by atoms with E-state index in [-0.39, 0.29) is 17.9 Å². The zero-order chi connectivity index (χ0) is 12.4. The van der Waals surface area contributed by atoms with Crippen molar-refractivity contribution in [2.75, 3.05) is 19.7 Å². The summed E-state index contributed by atoms with van der Waals surface area (Å²) in [4.78, 5) is 14.6. The van der Waals surface area contributed by atoms with E-state index in [4.69, 9.17) is 22.7 Å². The summed E-state index contributed by atoms with van der Waals surface area (Å²) < 4.78 is 5.45. The number of carbonyl (C=O) groups excluding carboxylic acids is 1. The van der Waals surface area contributed by atoms with Crippen molar-refractivity contribution in [1.82, 2.24) is 4.90 Å². The number of morpholine rings is 1. The molecule has 1 saturated heterocycles. The number of ether oxygens (including phenoxy) is 1. The number of amides is 1. The van der Waals surface area contributed by atoms with Crippen LogP contribution in [0.4, 0.5) is 0 Å². The van der Waals surface area contributed by atoms with Crippen LogP contribution in [0.3, 0.4) is 0 Å². The van der Waals surface area contributed by atoms with Crippen LogP contribution in [0.1, 0.15) is 26.2 Å². The van der Waals surface area contributed by atoms with E-state index in [1.807, 2.05) is 4.90 Å². The standard InChI is InChI=1S/C12H20N2O2S/c1-8-3-2-4-9(8)12(15)14-5-6-16-10(7-14)11(13)17/h8-10H,2-7H2,1H3,(H2,13,17). The van der Waals surface area contributed by atoms with Gasteiger partial charge >= 0.3 is 0 Å². The molecular weight excluding hydrogens is 236 g/mol. The maximum absolute atomic E-state index is 12.4. The Morgan fingerprint density at radius 1 is 1.47 bits per heavy atom. The van der Waals surface area contributed by atoms with E-state index < -0.39 is 0 Å². The molecule has 0 aromatic rings. The molecule has 5 heteroatoms. The summed E-state index contributed by atoms with van der Waals surface area (Å²) in [6.07, 6.45) is 3.09. The maximum atomic E-state index is 12.4. The van der Waals surface area contributed by atoms with Gasteiger partial charge in [-0.05, 0) is 18.8 Å². The number of nitrogens with zero attached hydrogens (tertiary/aromatic N) is 1. The third-order valence-electron chi connectivity index (χ3n) is 3.87. The molecule has 1 amide bonds. The van der Waals surface area contributed by atoms with Gasteiger partial charge in [0.05, 0.1) is 13.2 Å². The molecule has 0 aromatic heterocycles. The molecule has 2 N–H and O–H groups in total. The van der Waals surface area contributed by atoms with Gasteiger partial charge in [-0.25, -0.2) is 0 Å². The average Bonchev–Trinajstić information content (AvgIpc) is 2.74. The highest BCUT2D eigenvalue weighted by molar-refractivity contribution is 7.80. The van der Waals surface area contributed by atoms with Gasteiger partial charge in [0.2, 0.25) is 5.91 Å². The molecule has 1 heterocycles. The fourth-order valence-corrected chi connectivity index (χ4v) is 2.91. The molecule has 0 spiro atoms. The van der Waals surface area contributed by atoms with Crippen LogP contribution < -0.4 is 5.73 Å². The first-order chi connectivity index (χ1) is 8.09. The number of thiocarbonyl (C=S) groups is 1. The predicted octanol–water partition coefficient (Wildman–Crippen LogP) is 0.936. The molecule has 3 unspecified atom stereocenters. The van der Waals surface area contributed by atoms with Gasteiger partial charge in [0.15, 0.2) is 0 Å². The average molecular weight is 256 g/mol. The second-order valence-electron chi connectivity index (χ2n) is 5.06. The highest BCUT2D eigenvalue weighted by atomic mass is 32.1. The van der Waals surface area contributed by atoms with Gasteiger partial charge in [-0.15, -0.1) is 0 Å². The predicted molar refractivity (Wildman–Crippen MR) is 69.6 cm³/mol. The summed E-state index contributed by atoms with van der Waals surface area (Å²) in [5.74, 6) is 0.966. The lowest BCUT2D eigenvalue weighted by Gasteiger charge is -2.34. The monoisotopic (exact) mass is 256 g/mol. The molecule has 2 rings (SSSR count). The van der Waals surface area contributed by atoms with Gasteiger partial charge in [0.25, 0.3) is 0 Å². The lowest BCUT2D eigenvalue weighted by atomic mass is 9.96. The van der Waals surface area contributed by atoms with Crippen LogP contribution in [-0.2, 0) is 9.53 Å². The fraction of sp³-hybridized carbons (Fsp3) is 0.833. The first-order valence-electron chi connectivity index (χ1n) is 6.29. The minimum absolute atomic E-state index is 0.195. The van der Waals surface area contributed by atoms with Crippen LogP contribution in [-0.4, -0.2) is 41.6 Å². The Morgan fingerprint density at radius 3 is 2.82 bits per heavy atom. The second-order valence-corrected chi connectivity index (χ2v) is 5.53.